The highest BCUT2D eigenvalue weighted by Crippen LogP contribution is 2.24. The molecule has 1 heterocycles. The van der Waals surface area contributed by atoms with E-state index in [1.165, 1.54) is 23.5 Å². The summed E-state index contributed by atoms with van der Waals surface area (Å²) < 4.78 is 12.8. The van der Waals surface area contributed by atoms with Gasteiger partial charge < -0.3 is 5.32 Å². The maximum atomic E-state index is 12.8. The lowest BCUT2D eigenvalue weighted by Crippen LogP contribution is -2.12. The predicted octanol–water partition coefficient (Wildman–Crippen LogP) is 4.52. The molecule has 5 heteroatoms. The number of aryl methyl sites for hydroxylation is 1. The van der Waals surface area contributed by atoms with Crippen LogP contribution in [0.1, 0.15) is 12.0 Å². The normalized spacial score (nSPS) is 10.5. The van der Waals surface area contributed by atoms with Crippen LogP contribution in [-0.4, -0.2) is 10.9 Å². The molecule has 0 fully saturated rings. The molecular weight excluding hydrogens is 311 g/mol. The lowest BCUT2D eigenvalue weighted by atomic mass is 10.1. The van der Waals surface area contributed by atoms with E-state index in [1.54, 1.807) is 12.1 Å². The topological polar surface area (TPSA) is 42.0 Å². The van der Waals surface area contributed by atoms with Gasteiger partial charge in [0.25, 0.3) is 0 Å². The zero-order chi connectivity index (χ0) is 16.1. The van der Waals surface area contributed by atoms with Crippen LogP contribution in [0.4, 0.5) is 9.52 Å². The lowest BCUT2D eigenvalue weighted by Gasteiger charge is -2.02. The van der Waals surface area contributed by atoms with Crippen molar-refractivity contribution in [2.75, 3.05) is 5.32 Å². The third-order valence-electron chi connectivity index (χ3n) is 3.37. The van der Waals surface area contributed by atoms with Gasteiger partial charge in [-0.1, -0.05) is 42.5 Å². The van der Waals surface area contributed by atoms with E-state index in [0.717, 1.165) is 16.8 Å². The third kappa shape index (κ3) is 4.23. The second-order valence-electron chi connectivity index (χ2n) is 5.08. The van der Waals surface area contributed by atoms with Crippen LogP contribution in [-0.2, 0) is 11.2 Å². The van der Waals surface area contributed by atoms with Crippen molar-refractivity contribution in [1.82, 2.24) is 4.98 Å². The number of carbonyl (C=O) groups excluding carboxylic acids is 1. The first kappa shape index (κ1) is 15.4. The minimum atomic E-state index is -0.269. The van der Waals surface area contributed by atoms with Crippen molar-refractivity contribution >= 4 is 22.4 Å². The fourth-order valence-electron chi connectivity index (χ4n) is 2.16. The Labute approximate surface area is 137 Å². The standard InChI is InChI=1S/C18H15FN2OS/c19-15-9-6-13(7-10-15)8-11-17(22)21-18-20-16(12-23-18)14-4-2-1-3-5-14/h1-7,9-10,12H,8,11H2,(H,20,21,22). The fourth-order valence-corrected chi connectivity index (χ4v) is 2.90. The van der Waals surface area contributed by atoms with Gasteiger partial charge in [-0.25, -0.2) is 9.37 Å². The first-order valence-electron chi connectivity index (χ1n) is 7.26. The molecule has 0 aliphatic rings. The molecule has 0 aliphatic carbocycles. The number of amides is 1. The summed E-state index contributed by atoms with van der Waals surface area (Å²) in [6, 6.07) is 16.0. The van der Waals surface area contributed by atoms with Gasteiger partial charge in [0.15, 0.2) is 5.13 Å². The summed E-state index contributed by atoms with van der Waals surface area (Å²) in [4.78, 5) is 16.4. The largest absolute Gasteiger partial charge is 0.302 e. The SMILES string of the molecule is O=C(CCc1ccc(F)cc1)Nc1nc(-c2ccccc2)cs1. The van der Waals surface area contributed by atoms with E-state index in [4.69, 9.17) is 0 Å². The highest BCUT2D eigenvalue weighted by Gasteiger charge is 2.08. The van der Waals surface area contributed by atoms with Gasteiger partial charge in [0.05, 0.1) is 5.69 Å². The number of aromatic nitrogens is 1. The van der Waals surface area contributed by atoms with E-state index in [9.17, 15) is 9.18 Å². The molecule has 23 heavy (non-hydrogen) atoms. The van der Waals surface area contributed by atoms with Gasteiger partial charge in [-0.15, -0.1) is 11.3 Å². The third-order valence-corrected chi connectivity index (χ3v) is 4.13. The summed E-state index contributed by atoms with van der Waals surface area (Å²) in [6.45, 7) is 0. The Balaban J connectivity index is 1.56. The number of anilines is 1. The number of thiazole rings is 1. The van der Waals surface area contributed by atoms with Crippen molar-refractivity contribution in [3.05, 3.63) is 71.4 Å². The molecule has 1 amide bonds. The summed E-state index contributed by atoms with van der Waals surface area (Å²) in [5, 5.41) is 5.32. The number of rotatable bonds is 5. The Morgan fingerprint density at radius 1 is 1.09 bits per heavy atom. The van der Waals surface area contributed by atoms with Crippen molar-refractivity contribution in [2.45, 2.75) is 12.8 Å². The van der Waals surface area contributed by atoms with E-state index in [2.05, 4.69) is 10.3 Å². The molecule has 0 saturated heterocycles. The minimum absolute atomic E-state index is 0.0942. The van der Waals surface area contributed by atoms with E-state index in [1.807, 2.05) is 35.7 Å². The van der Waals surface area contributed by atoms with Crippen LogP contribution < -0.4 is 5.32 Å². The van der Waals surface area contributed by atoms with Crippen LogP contribution in [0.25, 0.3) is 11.3 Å². The molecule has 1 aromatic heterocycles. The van der Waals surface area contributed by atoms with Crippen molar-refractivity contribution in [3.8, 4) is 11.3 Å². The van der Waals surface area contributed by atoms with Crippen molar-refractivity contribution < 1.29 is 9.18 Å². The molecule has 1 N–H and O–H groups in total. The number of hydrogen-bond donors (Lipinski definition) is 1. The van der Waals surface area contributed by atoms with Crippen LogP contribution in [0.5, 0.6) is 0 Å². The quantitative estimate of drug-likeness (QED) is 0.749. The Morgan fingerprint density at radius 3 is 2.57 bits per heavy atom. The van der Waals surface area contributed by atoms with Gasteiger partial charge in [0.1, 0.15) is 5.82 Å². The number of benzene rings is 2. The zero-order valence-corrected chi connectivity index (χ0v) is 13.1. The van der Waals surface area contributed by atoms with E-state index < -0.39 is 0 Å². The van der Waals surface area contributed by atoms with Crippen molar-refractivity contribution in [3.63, 3.8) is 0 Å². The molecule has 0 atom stereocenters. The Hall–Kier alpha value is -2.53. The smallest absolute Gasteiger partial charge is 0.226 e. The molecule has 3 rings (SSSR count). The number of halogens is 1. The highest BCUT2D eigenvalue weighted by atomic mass is 32.1. The molecule has 0 bridgehead atoms. The minimum Gasteiger partial charge on any atom is -0.302 e. The second kappa shape index (κ2) is 7.15. The average Bonchev–Trinajstić information content (AvgIpc) is 3.04. The number of carbonyl (C=O) groups is 1. The maximum absolute atomic E-state index is 12.8. The van der Waals surface area contributed by atoms with Gasteiger partial charge in [-0.05, 0) is 24.1 Å². The molecule has 0 radical (unpaired) electrons. The number of hydrogen-bond acceptors (Lipinski definition) is 3. The van der Waals surface area contributed by atoms with Crippen molar-refractivity contribution in [1.29, 1.82) is 0 Å². The van der Waals surface area contributed by atoms with Crippen LogP contribution in [0, 0.1) is 5.82 Å². The van der Waals surface area contributed by atoms with Gasteiger partial charge in [-0.2, -0.15) is 0 Å². The van der Waals surface area contributed by atoms with Gasteiger partial charge in [0.2, 0.25) is 5.91 Å². The summed E-state index contributed by atoms with van der Waals surface area (Å²) in [7, 11) is 0. The fraction of sp³-hybridized carbons (Fsp3) is 0.111. The average molecular weight is 326 g/mol. The van der Waals surface area contributed by atoms with Gasteiger partial charge >= 0.3 is 0 Å². The maximum Gasteiger partial charge on any atom is 0.226 e. The van der Waals surface area contributed by atoms with Gasteiger partial charge in [0, 0.05) is 17.4 Å². The van der Waals surface area contributed by atoms with E-state index in [-0.39, 0.29) is 11.7 Å². The lowest BCUT2D eigenvalue weighted by molar-refractivity contribution is -0.116. The van der Waals surface area contributed by atoms with Gasteiger partial charge in [-0.3, -0.25) is 4.79 Å². The number of nitrogens with one attached hydrogen (secondary N) is 1. The Bertz CT molecular complexity index is 784. The molecule has 3 aromatic rings. The molecule has 0 aliphatic heterocycles. The summed E-state index contributed by atoms with van der Waals surface area (Å²) in [5.74, 6) is -0.363. The molecule has 2 aromatic carbocycles. The summed E-state index contributed by atoms with van der Waals surface area (Å²) in [5.41, 5.74) is 2.81. The zero-order valence-electron chi connectivity index (χ0n) is 12.3. The molecule has 116 valence electrons. The van der Waals surface area contributed by atoms with Crippen LogP contribution in [0.15, 0.2) is 60.0 Å². The monoisotopic (exact) mass is 326 g/mol. The molecule has 0 spiro atoms. The highest BCUT2D eigenvalue weighted by molar-refractivity contribution is 7.14. The van der Waals surface area contributed by atoms with E-state index in [0.29, 0.717) is 18.0 Å². The summed E-state index contributed by atoms with van der Waals surface area (Å²) in [6.07, 6.45) is 0.912. The molecular formula is C18H15FN2OS. The molecule has 3 nitrogen and oxygen atoms in total. The van der Waals surface area contributed by atoms with Crippen LogP contribution in [0.3, 0.4) is 0 Å². The van der Waals surface area contributed by atoms with E-state index >= 15 is 0 Å². The molecule has 0 unspecified atom stereocenters. The van der Waals surface area contributed by atoms with Crippen molar-refractivity contribution in [2.24, 2.45) is 0 Å². The first-order chi connectivity index (χ1) is 11.2. The predicted molar refractivity (Wildman–Crippen MR) is 90.9 cm³/mol. The molecule has 0 saturated carbocycles. The first-order valence-corrected chi connectivity index (χ1v) is 8.14. The second-order valence-corrected chi connectivity index (χ2v) is 5.94. The number of nitrogens with zero attached hydrogens (tertiary/aromatic N) is 1. The van der Waals surface area contributed by atoms with Crippen LogP contribution >= 0.6 is 11.3 Å². The van der Waals surface area contributed by atoms with Crippen LogP contribution in [0.2, 0.25) is 0 Å². The summed E-state index contributed by atoms with van der Waals surface area (Å²) >= 11 is 1.40. The Morgan fingerprint density at radius 2 is 1.83 bits per heavy atom. The Kier molecular flexibility index (Phi) is 4.78.